The van der Waals surface area contributed by atoms with Gasteiger partial charge in [0.25, 0.3) is 0 Å². The van der Waals surface area contributed by atoms with Gasteiger partial charge in [-0.2, -0.15) is 0 Å². The number of benzene rings is 2. The molecule has 0 aromatic heterocycles. The summed E-state index contributed by atoms with van der Waals surface area (Å²) in [6, 6.07) is 12.5. The number of anilines is 1. The number of amides is 1. The van der Waals surface area contributed by atoms with Crippen LogP contribution in [0, 0.1) is 5.92 Å². The third kappa shape index (κ3) is 3.96. The van der Waals surface area contributed by atoms with Crippen molar-refractivity contribution in [2.24, 2.45) is 5.92 Å². The highest BCUT2D eigenvalue weighted by Crippen LogP contribution is 2.51. The number of hydrogen-bond acceptors (Lipinski definition) is 4. The Balaban J connectivity index is 1.65. The summed E-state index contributed by atoms with van der Waals surface area (Å²) < 4.78 is 10.7. The van der Waals surface area contributed by atoms with E-state index in [-0.39, 0.29) is 24.2 Å². The molecule has 26 heavy (non-hydrogen) atoms. The van der Waals surface area contributed by atoms with Gasteiger partial charge in [0.1, 0.15) is 11.5 Å². The summed E-state index contributed by atoms with van der Waals surface area (Å²) in [5, 5.41) is 11.7. The second-order valence-corrected chi connectivity index (χ2v) is 6.31. The van der Waals surface area contributed by atoms with Crippen molar-refractivity contribution >= 4 is 17.6 Å². The molecule has 1 aliphatic rings. The van der Waals surface area contributed by atoms with Crippen LogP contribution in [0.4, 0.5) is 5.69 Å². The molecule has 2 N–H and O–H groups in total. The van der Waals surface area contributed by atoms with Gasteiger partial charge < -0.3 is 19.9 Å². The minimum absolute atomic E-state index is 0.0332. The largest absolute Gasteiger partial charge is 0.497 e. The van der Waals surface area contributed by atoms with Crippen LogP contribution in [-0.2, 0) is 16.0 Å². The van der Waals surface area contributed by atoms with Gasteiger partial charge in [-0.25, -0.2) is 0 Å². The monoisotopic (exact) mass is 355 g/mol. The molecule has 0 heterocycles. The molecule has 0 spiro atoms. The molecule has 6 nitrogen and oxygen atoms in total. The molecule has 0 saturated heterocycles. The fourth-order valence-corrected chi connectivity index (χ4v) is 3.07. The number of carbonyl (C=O) groups is 2. The van der Waals surface area contributed by atoms with Gasteiger partial charge in [-0.3, -0.25) is 9.59 Å². The Kier molecular flexibility index (Phi) is 5.11. The predicted octanol–water partition coefficient (Wildman–Crippen LogP) is 3.07. The molecule has 6 heteroatoms. The fraction of sp³-hybridized carbons (Fsp3) is 0.300. The van der Waals surface area contributed by atoms with Gasteiger partial charge in [-0.15, -0.1) is 0 Å². The average Bonchev–Trinajstić information content (AvgIpc) is 3.43. The number of aliphatic carboxylic acids is 1. The molecular weight excluding hydrogens is 334 g/mol. The third-order valence-corrected chi connectivity index (χ3v) is 4.54. The smallest absolute Gasteiger partial charge is 0.307 e. The molecule has 1 amide bonds. The van der Waals surface area contributed by atoms with Gasteiger partial charge in [0.05, 0.1) is 20.6 Å². The first-order valence-corrected chi connectivity index (χ1v) is 8.35. The van der Waals surface area contributed by atoms with E-state index in [1.165, 1.54) is 0 Å². The molecule has 136 valence electrons. The summed E-state index contributed by atoms with van der Waals surface area (Å²) >= 11 is 0. The van der Waals surface area contributed by atoms with Gasteiger partial charge in [0.15, 0.2) is 0 Å². The number of rotatable bonds is 7. The molecule has 2 aromatic carbocycles. The zero-order valence-electron chi connectivity index (χ0n) is 14.7. The maximum atomic E-state index is 12.5. The van der Waals surface area contributed by atoms with Crippen LogP contribution in [0.2, 0.25) is 0 Å². The second kappa shape index (κ2) is 7.47. The van der Waals surface area contributed by atoms with E-state index in [4.69, 9.17) is 14.6 Å². The number of carboxylic acids is 1. The molecule has 2 atom stereocenters. The van der Waals surface area contributed by atoms with Gasteiger partial charge in [0, 0.05) is 23.1 Å². The molecule has 3 rings (SSSR count). The van der Waals surface area contributed by atoms with Crippen molar-refractivity contribution < 1.29 is 24.2 Å². The van der Waals surface area contributed by atoms with Crippen LogP contribution in [0.5, 0.6) is 11.5 Å². The standard InChI is InChI=1S/C20H21NO5/c1-25-14-7-8-18(26-2)16(10-14)15-11-17(15)20(24)21-13-5-3-12(4-6-13)9-19(22)23/h3-8,10,15,17H,9,11H2,1-2H3,(H,21,24)(H,22,23). The summed E-state index contributed by atoms with van der Waals surface area (Å²) in [7, 11) is 3.22. The molecule has 2 unspecified atom stereocenters. The van der Waals surface area contributed by atoms with E-state index in [1.807, 2.05) is 18.2 Å². The van der Waals surface area contributed by atoms with Crippen LogP contribution in [0.25, 0.3) is 0 Å². The maximum Gasteiger partial charge on any atom is 0.307 e. The summed E-state index contributed by atoms with van der Waals surface area (Å²) in [6.07, 6.45) is 0.723. The number of nitrogens with one attached hydrogen (secondary N) is 1. The molecule has 0 radical (unpaired) electrons. The first kappa shape index (κ1) is 17.8. The number of methoxy groups -OCH3 is 2. The van der Waals surface area contributed by atoms with E-state index in [2.05, 4.69) is 5.32 Å². The highest BCUT2D eigenvalue weighted by Gasteiger charge is 2.45. The molecule has 1 aliphatic carbocycles. The van der Waals surface area contributed by atoms with Crippen LogP contribution in [-0.4, -0.2) is 31.2 Å². The van der Waals surface area contributed by atoms with Crippen molar-refractivity contribution in [2.75, 3.05) is 19.5 Å². The number of carboxylic acid groups (broad SMARTS) is 1. The second-order valence-electron chi connectivity index (χ2n) is 6.31. The highest BCUT2D eigenvalue weighted by atomic mass is 16.5. The van der Waals surface area contributed by atoms with Crippen molar-refractivity contribution in [3.8, 4) is 11.5 Å². The molecule has 0 bridgehead atoms. The lowest BCUT2D eigenvalue weighted by Crippen LogP contribution is -2.14. The van der Waals surface area contributed by atoms with Crippen molar-refractivity contribution in [3.63, 3.8) is 0 Å². The Morgan fingerprint density at radius 1 is 1.12 bits per heavy atom. The molecular formula is C20H21NO5. The predicted molar refractivity (Wildman–Crippen MR) is 96.8 cm³/mol. The molecule has 0 aliphatic heterocycles. The quantitative estimate of drug-likeness (QED) is 0.797. The van der Waals surface area contributed by atoms with Crippen LogP contribution < -0.4 is 14.8 Å². The lowest BCUT2D eigenvalue weighted by Gasteiger charge is -2.10. The van der Waals surface area contributed by atoms with E-state index in [1.54, 1.807) is 38.5 Å². The minimum atomic E-state index is -0.880. The SMILES string of the molecule is COc1ccc(OC)c(C2CC2C(=O)Nc2ccc(CC(=O)O)cc2)c1. The molecule has 1 fully saturated rings. The lowest BCUT2D eigenvalue weighted by atomic mass is 10.1. The Labute approximate surface area is 151 Å². The topological polar surface area (TPSA) is 84.9 Å². The Morgan fingerprint density at radius 2 is 1.85 bits per heavy atom. The van der Waals surface area contributed by atoms with E-state index < -0.39 is 5.97 Å². The van der Waals surface area contributed by atoms with Gasteiger partial charge in [0.2, 0.25) is 5.91 Å². The van der Waals surface area contributed by atoms with Gasteiger partial charge >= 0.3 is 5.97 Å². The fourth-order valence-electron chi connectivity index (χ4n) is 3.07. The first-order valence-electron chi connectivity index (χ1n) is 8.35. The highest BCUT2D eigenvalue weighted by molar-refractivity contribution is 5.95. The Bertz CT molecular complexity index is 815. The summed E-state index contributed by atoms with van der Waals surface area (Å²) in [4.78, 5) is 23.2. The summed E-state index contributed by atoms with van der Waals surface area (Å²) in [6.45, 7) is 0. The van der Waals surface area contributed by atoms with Crippen LogP contribution in [0.15, 0.2) is 42.5 Å². The first-order chi connectivity index (χ1) is 12.5. The third-order valence-electron chi connectivity index (χ3n) is 4.54. The maximum absolute atomic E-state index is 12.5. The average molecular weight is 355 g/mol. The van der Waals surface area contributed by atoms with Crippen molar-refractivity contribution in [1.82, 2.24) is 0 Å². The van der Waals surface area contributed by atoms with Crippen molar-refractivity contribution in [2.45, 2.75) is 18.8 Å². The van der Waals surface area contributed by atoms with E-state index in [0.29, 0.717) is 11.3 Å². The summed E-state index contributed by atoms with van der Waals surface area (Å²) in [5.41, 5.74) is 2.33. The molecule has 2 aromatic rings. The minimum Gasteiger partial charge on any atom is -0.497 e. The zero-order chi connectivity index (χ0) is 18.7. The van der Waals surface area contributed by atoms with E-state index in [9.17, 15) is 9.59 Å². The number of hydrogen-bond donors (Lipinski definition) is 2. The number of ether oxygens (including phenoxy) is 2. The van der Waals surface area contributed by atoms with Crippen molar-refractivity contribution in [1.29, 1.82) is 0 Å². The number of carbonyl (C=O) groups excluding carboxylic acids is 1. The van der Waals surface area contributed by atoms with Crippen molar-refractivity contribution in [3.05, 3.63) is 53.6 Å². The van der Waals surface area contributed by atoms with E-state index >= 15 is 0 Å². The van der Waals surface area contributed by atoms with Crippen LogP contribution in [0.3, 0.4) is 0 Å². The van der Waals surface area contributed by atoms with Crippen LogP contribution in [0.1, 0.15) is 23.5 Å². The molecule has 1 saturated carbocycles. The Hall–Kier alpha value is -3.02. The van der Waals surface area contributed by atoms with Gasteiger partial charge in [-0.05, 0) is 42.3 Å². The van der Waals surface area contributed by atoms with Crippen LogP contribution >= 0.6 is 0 Å². The lowest BCUT2D eigenvalue weighted by molar-refractivity contribution is -0.136. The normalized spacial score (nSPS) is 18.1. The Morgan fingerprint density at radius 3 is 2.46 bits per heavy atom. The van der Waals surface area contributed by atoms with Gasteiger partial charge in [-0.1, -0.05) is 12.1 Å². The summed E-state index contributed by atoms with van der Waals surface area (Å²) in [5.74, 6) is 0.548. The zero-order valence-corrected chi connectivity index (χ0v) is 14.7. The van der Waals surface area contributed by atoms with E-state index in [0.717, 1.165) is 23.5 Å².